The molecule has 0 unspecified atom stereocenters. The topological polar surface area (TPSA) is 77.2 Å². The fourth-order valence-electron chi connectivity index (χ4n) is 3.72. The number of aryl methyl sites for hydroxylation is 1. The predicted molar refractivity (Wildman–Crippen MR) is 135 cm³/mol. The van der Waals surface area contributed by atoms with E-state index < -0.39 is 0 Å². The second-order valence-corrected chi connectivity index (χ2v) is 8.31. The lowest BCUT2D eigenvalue weighted by atomic mass is 10.2. The number of nitrogens with zero attached hydrogens (tertiary/aromatic N) is 5. The van der Waals surface area contributed by atoms with Crippen molar-refractivity contribution in [2.24, 2.45) is 5.10 Å². The fraction of sp³-hybridized carbons (Fsp3) is 0.120. The van der Waals surface area contributed by atoms with Gasteiger partial charge in [0.2, 0.25) is 0 Å². The largest absolute Gasteiger partial charge is 0.488 e. The van der Waals surface area contributed by atoms with E-state index in [1.165, 1.54) is 0 Å². The molecule has 2 aromatic heterocycles. The molecule has 0 fully saturated rings. The van der Waals surface area contributed by atoms with E-state index in [4.69, 9.17) is 4.74 Å². The average Bonchev–Trinajstić information content (AvgIpc) is 3.17. The Hall–Kier alpha value is -3.78. The van der Waals surface area contributed by atoms with Crippen LogP contribution >= 0.6 is 15.9 Å². The van der Waals surface area contributed by atoms with Crippen LogP contribution in [-0.4, -0.2) is 26.0 Å². The summed E-state index contributed by atoms with van der Waals surface area (Å²) in [7, 11) is 0. The Morgan fingerprint density at radius 1 is 1.03 bits per heavy atom. The molecule has 1 N–H and O–H groups in total. The van der Waals surface area contributed by atoms with E-state index in [0.29, 0.717) is 12.6 Å². The minimum atomic E-state index is 0.331. The number of rotatable bonds is 7. The maximum absolute atomic E-state index is 6.02. The van der Waals surface area contributed by atoms with Gasteiger partial charge < -0.3 is 9.30 Å². The summed E-state index contributed by atoms with van der Waals surface area (Å²) in [6.45, 7) is 3.34. The molecular formula is C25H21BrN6O. The van der Waals surface area contributed by atoms with Gasteiger partial charge in [0.15, 0.2) is 5.65 Å². The van der Waals surface area contributed by atoms with Crippen molar-refractivity contribution >= 4 is 50.2 Å². The predicted octanol–water partition coefficient (Wildman–Crippen LogP) is 5.79. The zero-order chi connectivity index (χ0) is 22.6. The highest BCUT2D eigenvalue weighted by atomic mass is 79.9. The number of hydrogen-bond donors (Lipinski definition) is 1. The van der Waals surface area contributed by atoms with Crippen molar-refractivity contribution in [1.29, 1.82) is 0 Å². The molecule has 3 aromatic carbocycles. The first-order chi connectivity index (χ1) is 16.2. The zero-order valence-electron chi connectivity index (χ0n) is 17.9. The smallest absolute Gasteiger partial charge is 0.265 e. The minimum absolute atomic E-state index is 0.331. The second kappa shape index (κ2) is 9.38. The molecule has 0 amide bonds. The van der Waals surface area contributed by atoms with Gasteiger partial charge in [-0.05, 0) is 36.8 Å². The van der Waals surface area contributed by atoms with Gasteiger partial charge in [-0.2, -0.15) is 10.1 Å². The summed E-state index contributed by atoms with van der Waals surface area (Å²) in [6.07, 6.45) is 1.69. The molecule has 0 aliphatic rings. The summed E-state index contributed by atoms with van der Waals surface area (Å²) in [6, 6.07) is 24.0. The molecule has 0 aliphatic carbocycles. The lowest BCUT2D eigenvalue weighted by Gasteiger charge is -2.09. The van der Waals surface area contributed by atoms with Crippen molar-refractivity contribution in [3.05, 3.63) is 88.4 Å². The van der Waals surface area contributed by atoms with Crippen molar-refractivity contribution in [3.63, 3.8) is 0 Å². The molecule has 2 heterocycles. The third-order valence-corrected chi connectivity index (χ3v) is 5.76. The highest BCUT2D eigenvalue weighted by Gasteiger charge is 2.13. The van der Waals surface area contributed by atoms with E-state index in [1.54, 1.807) is 6.21 Å². The van der Waals surface area contributed by atoms with Gasteiger partial charge >= 0.3 is 0 Å². The van der Waals surface area contributed by atoms with Crippen LogP contribution in [0.15, 0.2) is 82.4 Å². The molecule has 8 heteroatoms. The summed E-state index contributed by atoms with van der Waals surface area (Å²) < 4.78 is 9.07. The number of hydrazone groups is 1. The summed E-state index contributed by atoms with van der Waals surface area (Å²) in [5.74, 6) is 1.06. The number of hydrogen-bond acceptors (Lipinski definition) is 6. The van der Waals surface area contributed by atoms with Crippen LogP contribution in [0.4, 0.5) is 5.95 Å². The highest BCUT2D eigenvalue weighted by molar-refractivity contribution is 9.10. The number of para-hydroxylation sites is 1. The molecule has 5 rings (SSSR count). The first-order valence-corrected chi connectivity index (χ1v) is 11.4. The van der Waals surface area contributed by atoms with E-state index in [-0.39, 0.29) is 0 Å². The normalized spacial score (nSPS) is 11.5. The third-order valence-electron chi connectivity index (χ3n) is 5.27. The van der Waals surface area contributed by atoms with Gasteiger partial charge in [-0.3, -0.25) is 0 Å². The van der Waals surface area contributed by atoms with Gasteiger partial charge in [0.25, 0.3) is 5.95 Å². The van der Waals surface area contributed by atoms with Gasteiger partial charge in [-0.25, -0.2) is 5.43 Å². The Morgan fingerprint density at radius 2 is 1.85 bits per heavy atom. The second-order valence-electron chi connectivity index (χ2n) is 7.40. The zero-order valence-corrected chi connectivity index (χ0v) is 19.5. The minimum Gasteiger partial charge on any atom is -0.488 e. The van der Waals surface area contributed by atoms with Gasteiger partial charge in [-0.1, -0.05) is 64.5 Å². The van der Waals surface area contributed by atoms with Crippen molar-refractivity contribution in [2.45, 2.75) is 20.1 Å². The van der Waals surface area contributed by atoms with E-state index in [9.17, 15) is 0 Å². The fourth-order valence-corrected chi connectivity index (χ4v) is 4.10. The third kappa shape index (κ3) is 4.42. The summed E-state index contributed by atoms with van der Waals surface area (Å²) >= 11 is 3.51. The number of nitrogens with one attached hydrogen (secondary N) is 1. The maximum Gasteiger partial charge on any atom is 0.265 e. The van der Waals surface area contributed by atoms with Crippen LogP contribution in [0.5, 0.6) is 5.75 Å². The lowest BCUT2D eigenvalue weighted by Crippen LogP contribution is -2.03. The molecule has 0 radical (unpaired) electrons. The molecular weight excluding hydrogens is 480 g/mol. The monoisotopic (exact) mass is 500 g/mol. The Morgan fingerprint density at radius 3 is 2.70 bits per heavy atom. The Bertz CT molecular complexity index is 1450. The van der Waals surface area contributed by atoms with Crippen LogP contribution < -0.4 is 10.2 Å². The first-order valence-electron chi connectivity index (χ1n) is 10.6. The van der Waals surface area contributed by atoms with Crippen molar-refractivity contribution < 1.29 is 4.74 Å². The molecule has 0 saturated heterocycles. The van der Waals surface area contributed by atoms with Crippen molar-refractivity contribution in [3.8, 4) is 5.75 Å². The average molecular weight is 501 g/mol. The summed E-state index contributed by atoms with van der Waals surface area (Å²) in [4.78, 5) is 4.65. The molecule has 164 valence electrons. The van der Waals surface area contributed by atoms with Crippen LogP contribution in [0.2, 0.25) is 0 Å². The quantitative estimate of drug-likeness (QED) is 0.226. The van der Waals surface area contributed by atoms with Crippen LogP contribution in [0, 0.1) is 0 Å². The number of fused-ring (bicyclic) bond motifs is 3. The Labute approximate surface area is 199 Å². The van der Waals surface area contributed by atoms with Crippen LogP contribution in [0.3, 0.4) is 0 Å². The number of halogens is 1. The Balaban J connectivity index is 1.38. The van der Waals surface area contributed by atoms with E-state index in [2.05, 4.69) is 59.2 Å². The van der Waals surface area contributed by atoms with Crippen LogP contribution in [0.1, 0.15) is 18.1 Å². The van der Waals surface area contributed by atoms with E-state index in [1.807, 2.05) is 66.7 Å². The standard InChI is InChI=1S/C25H21BrN6O/c1-2-32-21-11-7-6-10-20(21)23-24(32)28-25(31-29-23)30-27-15-18-14-19(26)12-13-22(18)33-16-17-8-4-3-5-9-17/h3-15H,2,16H2,1H3,(H,28,30,31)/b27-15+. The van der Waals surface area contributed by atoms with Crippen LogP contribution in [0.25, 0.3) is 22.1 Å². The van der Waals surface area contributed by atoms with Gasteiger partial charge in [0, 0.05) is 22.0 Å². The molecule has 0 saturated carbocycles. The molecule has 33 heavy (non-hydrogen) atoms. The lowest BCUT2D eigenvalue weighted by molar-refractivity contribution is 0.306. The molecule has 7 nitrogen and oxygen atoms in total. The van der Waals surface area contributed by atoms with Crippen LogP contribution in [-0.2, 0) is 13.2 Å². The SMILES string of the molecule is CCn1c2ccccc2c2nnc(N/N=C/c3cc(Br)ccc3OCc3ccccc3)nc21. The number of ether oxygens (including phenoxy) is 1. The molecule has 0 atom stereocenters. The highest BCUT2D eigenvalue weighted by Crippen LogP contribution is 2.26. The molecule has 0 spiro atoms. The number of benzene rings is 3. The molecule has 0 bridgehead atoms. The van der Waals surface area contributed by atoms with Crippen molar-refractivity contribution in [1.82, 2.24) is 19.7 Å². The van der Waals surface area contributed by atoms with Crippen molar-refractivity contribution in [2.75, 3.05) is 5.43 Å². The number of anilines is 1. The van der Waals surface area contributed by atoms with E-state index >= 15 is 0 Å². The summed E-state index contributed by atoms with van der Waals surface area (Å²) in [5.41, 5.74) is 7.47. The van der Waals surface area contributed by atoms with Gasteiger partial charge in [-0.15, -0.1) is 10.2 Å². The maximum atomic E-state index is 6.02. The van der Waals surface area contributed by atoms with Gasteiger partial charge in [0.05, 0.1) is 11.7 Å². The first kappa shape index (κ1) is 21.1. The van der Waals surface area contributed by atoms with Gasteiger partial charge in [0.1, 0.15) is 17.9 Å². The number of aromatic nitrogens is 4. The Kier molecular flexibility index (Phi) is 5.99. The summed E-state index contributed by atoms with van der Waals surface area (Å²) in [5, 5.41) is 14.0. The molecule has 5 aromatic rings. The van der Waals surface area contributed by atoms with E-state index in [0.717, 1.165) is 50.0 Å². The molecule has 0 aliphatic heterocycles.